The largest absolute Gasteiger partial charge is 0.478 e. The highest BCUT2D eigenvalue weighted by Crippen LogP contribution is 2.38. The summed E-state index contributed by atoms with van der Waals surface area (Å²) >= 11 is 0. The maximum absolute atomic E-state index is 13.9. The van der Waals surface area contributed by atoms with Gasteiger partial charge in [0.1, 0.15) is 17.3 Å². The molecule has 1 aliphatic rings. The molecule has 1 aromatic carbocycles. The van der Waals surface area contributed by atoms with Crippen molar-refractivity contribution < 1.29 is 18.7 Å². The Hall–Kier alpha value is -1.65. The predicted octanol–water partition coefficient (Wildman–Crippen LogP) is 4.04. The van der Waals surface area contributed by atoms with E-state index >= 15 is 0 Å². The molecule has 2 N–H and O–H groups in total. The summed E-state index contributed by atoms with van der Waals surface area (Å²) in [5.41, 5.74) is -0.647. The second-order valence-corrected chi connectivity index (χ2v) is 6.05. The zero-order valence-corrected chi connectivity index (χ0v) is 11.7. The van der Waals surface area contributed by atoms with Crippen LogP contribution in [0.1, 0.15) is 49.9 Å². The number of hydrogen-bond acceptors (Lipinski definition) is 2. The number of aromatic carboxylic acids is 1. The van der Waals surface area contributed by atoms with E-state index in [1.165, 1.54) is 0 Å². The fraction of sp³-hybridized carbons (Fsp3) is 0.533. The van der Waals surface area contributed by atoms with Crippen molar-refractivity contribution in [3.05, 3.63) is 29.3 Å². The molecule has 1 fully saturated rings. The Kier molecular flexibility index (Phi) is 3.97. The van der Waals surface area contributed by atoms with Crippen LogP contribution in [0.3, 0.4) is 0 Å². The monoisotopic (exact) mass is 283 g/mol. The fourth-order valence-electron chi connectivity index (χ4n) is 2.77. The number of rotatable bonds is 3. The molecular weight excluding hydrogens is 264 g/mol. The summed E-state index contributed by atoms with van der Waals surface area (Å²) in [7, 11) is 0. The third kappa shape index (κ3) is 2.92. The van der Waals surface area contributed by atoms with Crippen molar-refractivity contribution in [2.45, 2.75) is 45.6 Å². The lowest BCUT2D eigenvalue weighted by Gasteiger charge is -2.39. The maximum atomic E-state index is 13.9. The lowest BCUT2D eigenvalue weighted by molar-refractivity contribution is 0.0695. The van der Waals surface area contributed by atoms with Crippen LogP contribution in [0, 0.1) is 17.0 Å². The molecule has 5 heteroatoms. The Morgan fingerprint density at radius 3 is 2.40 bits per heavy atom. The second kappa shape index (κ2) is 5.38. The van der Waals surface area contributed by atoms with Crippen LogP contribution in [0.25, 0.3) is 0 Å². The Morgan fingerprint density at radius 2 is 1.90 bits per heavy atom. The van der Waals surface area contributed by atoms with Gasteiger partial charge in [-0.2, -0.15) is 0 Å². The molecule has 110 valence electrons. The molecule has 2 rings (SSSR count). The van der Waals surface area contributed by atoms with E-state index in [4.69, 9.17) is 5.11 Å². The van der Waals surface area contributed by atoms with Gasteiger partial charge in [0.25, 0.3) is 0 Å². The normalized spacial score (nSPS) is 21.5. The van der Waals surface area contributed by atoms with E-state index < -0.39 is 17.6 Å². The lowest BCUT2D eigenvalue weighted by Crippen LogP contribution is -2.39. The minimum atomic E-state index is -1.34. The van der Waals surface area contributed by atoms with E-state index in [2.05, 4.69) is 19.2 Å². The van der Waals surface area contributed by atoms with E-state index in [1.807, 2.05) is 0 Å². The third-order valence-electron chi connectivity index (χ3n) is 4.11. The number of benzene rings is 1. The maximum Gasteiger partial charge on any atom is 0.335 e. The van der Waals surface area contributed by atoms with Gasteiger partial charge in [0.05, 0.1) is 5.56 Å². The molecule has 0 aromatic heterocycles. The molecular formula is C15H19F2NO2. The third-order valence-corrected chi connectivity index (χ3v) is 4.11. The Labute approximate surface area is 117 Å². The highest BCUT2D eigenvalue weighted by atomic mass is 19.1. The van der Waals surface area contributed by atoms with Gasteiger partial charge < -0.3 is 10.4 Å². The lowest BCUT2D eigenvalue weighted by atomic mass is 9.73. The summed E-state index contributed by atoms with van der Waals surface area (Å²) in [6, 6.07) is 1.68. The molecule has 0 spiro atoms. The van der Waals surface area contributed by atoms with Gasteiger partial charge in [0, 0.05) is 6.04 Å². The van der Waals surface area contributed by atoms with E-state index in [9.17, 15) is 13.6 Å². The van der Waals surface area contributed by atoms with Crippen LogP contribution in [0.2, 0.25) is 0 Å². The van der Waals surface area contributed by atoms with Crippen molar-refractivity contribution in [3.8, 4) is 0 Å². The van der Waals surface area contributed by atoms with E-state index in [0.717, 1.165) is 37.8 Å². The van der Waals surface area contributed by atoms with Gasteiger partial charge in [0.15, 0.2) is 0 Å². The summed E-state index contributed by atoms with van der Waals surface area (Å²) in [5, 5.41) is 11.7. The van der Waals surface area contributed by atoms with Crippen LogP contribution >= 0.6 is 0 Å². The average Bonchev–Trinajstić information content (AvgIpc) is 2.34. The molecule has 0 heterocycles. The summed E-state index contributed by atoms with van der Waals surface area (Å²) < 4.78 is 27.8. The molecule has 1 saturated carbocycles. The molecule has 1 aromatic rings. The van der Waals surface area contributed by atoms with Crippen LogP contribution in [-0.4, -0.2) is 17.1 Å². The number of carboxylic acids is 1. The van der Waals surface area contributed by atoms with E-state index in [0.29, 0.717) is 0 Å². The molecule has 0 radical (unpaired) electrons. The molecule has 3 nitrogen and oxygen atoms in total. The molecule has 20 heavy (non-hydrogen) atoms. The number of halogens is 2. The van der Waals surface area contributed by atoms with E-state index in [1.54, 1.807) is 0 Å². The predicted molar refractivity (Wildman–Crippen MR) is 73.0 cm³/mol. The quantitative estimate of drug-likeness (QED) is 0.880. The smallest absolute Gasteiger partial charge is 0.335 e. The van der Waals surface area contributed by atoms with Crippen LogP contribution in [-0.2, 0) is 0 Å². The van der Waals surface area contributed by atoms with E-state index in [-0.39, 0.29) is 22.7 Å². The van der Waals surface area contributed by atoms with Crippen LogP contribution in [0.5, 0.6) is 0 Å². The number of hydrogen-bond donors (Lipinski definition) is 2. The summed E-state index contributed by atoms with van der Waals surface area (Å²) in [6.07, 6.45) is 4.00. The molecule has 0 saturated heterocycles. The summed E-state index contributed by atoms with van der Waals surface area (Å²) in [6.45, 7) is 4.15. The first-order chi connectivity index (χ1) is 9.31. The zero-order chi connectivity index (χ0) is 14.9. The fourth-order valence-corrected chi connectivity index (χ4v) is 2.77. The summed E-state index contributed by atoms with van der Waals surface area (Å²) in [4.78, 5) is 10.8. The Morgan fingerprint density at radius 1 is 1.30 bits per heavy atom. The molecule has 0 bridgehead atoms. The zero-order valence-electron chi connectivity index (χ0n) is 11.7. The van der Waals surface area contributed by atoms with Gasteiger partial charge in [-0.25, -0.2) is 13.6 Å². The number of carboxylic acid groups (broad SMARTS) is 1. The van der Waals surface area contributed by atoms with Crippen molar-refractivity contribution in [1.29, 1.82) is 0 Å². The number of nitrogens with one attached hydrogen (secondary N) is 1. The first-order valence-corrected chi connectivity index (χ1v) is 6.80. The Bertz CT molecular complexity index is 506. The molecule has 1 unspecified atom stereocenters. The topological polar surface area (TPSA) is 49.3 Å². The molecule has 0 aliphatic heterocycles. The molecule has 0 amide bonds. The minimum absolute atomic E-state index is 0.0177. The minimum Gasteiger partial charge on any atom is -0.478 e. The van der Waals surface area contributed by atoms with Crippen LogP contribution < -0.4 is 5.32 Å². The van der Waals surface area contributed by atoms with Crippen molar-refractivity contribution in [2.75, 3.05) is 5.32 Å². The van der Waals surface area contributed by atoms with Crippen LogP contribution in [0.15, 0.2) is 12.1 Å². The van der Waals surface area contributed by atoms with Gasteiger partial charge in [0.2, 0.25) is 0 Å². The first-order valence-electron chi connectivity index (χ1n) is 6.80. The van der Waals surface area contributed by atoms with Crippen molar-refractivity contribution >= 4 is 11.7 Å². The molecule has 1 atom stereocenters. The highest BCUT2D eigenvalue weighted by molar-refractivity contribution is 5.88. The summed E-state index contributed by atoms with van der Waals surface area (Å²) in [5.74, 6) is -3.06. The van der Waals surface area contributed by atoms with Gasteiger partial charge in [-0.1, -0.05) is 26.7 Å². The van der Waals surface area contributed by atoms with Crippen molar-refractivity contribution in [3.63, 3.8) is 0 Å². The standard InChI is InChI=1S/C15H19F2NO2/c1-15(2)6-4-3-5-12(15)18-13-10(16)7-9(14(19)20)8-11(13)17/h7-8,12,18H,3-6H2,1-2H3,(H,19,20). The number of anilines is 1. The van der Waals surface area contributed by atoms with Gasteiger partial charge in [-0.05, 0) is 30.4 Å². The van der Waals surface area contributed by atoms with Gasteiger partial charge in [-0.3, -0.25) is 0 Å². The first kappa shape index (κ1) is 14.8. The van der Waals surface area contributed by atoms with Crippen LogP contribution in [0.4, 0.5) is 14.5 Å². The Balaban J connectivity index is 2.27. The second-order valence-electron chi connectivity index (χ2n) is 6.05. The SMILES string of the molecule is CC1(C)CCCCC1Nc1c(F)cc(C(=O)O)cc1F. The molecule has 1 aliphatic carbocycles. The highest BCUT2D eigenvalue weighted by Gasteiger charge is 2.33. The van der Waals surface area contributed by atoms with Gasteiger partial charge in [-0.15, -0.1) is 0 Å². The average molecular weight is 283 g/mol. The van der Waals surface area contributed by atoms with Crippen molar-refractivity contribution in [1.82, 2.24) is 0 Å². The van der Waals surface area contributed by atoms with Crippen molar-refractivity contribution in [2.24, 2.45) is 5.41 Å². The van der Waals surface area contributed by atoms with Gasteiger partial charge >= 0.3 is 5.97 Å². The number of carbonyl (C=O) groups is 1.